The molecular formula is C11H15N5O2. The van der Waals surface area contributed by atoms with Crippen LogP contribution in [0.25, 0.3) is 0 Å². The van der Waals surface area contributed by atoms with E-state index in [0.717, 1.165) is 0 Å². The van der Waals surface area contributed by atoms with Gasteiger partial charge in [0.15, 0.2) is 0 Å². The molecule has 1 aliphatic heterocycles. The lowest BCUT2D eigenvalue weighted by Gasteiger charge is -2.12. The van der Waals surface area contributed by atoms with E-state index in [1.54, 1.807) is 4.90 Å². The van der Waals surface area contributed by atoms with Crippen molar-refractivity contribution in [2.24, 2.45) is 0 Å². The second-order valence-corrected chi connectivity index (χ2v) is 4.31. The molecule has 2 N–H and O–H groups in total. The number of amides is 2. The molecule has 1 aromatic heterocycles. The number of carbonyl (C=O) groups is 2. The Hall–Kier alpha value is -2.18. The van der Waals surface area contributed by atoms with Gasteiger partial charge in [-0.3, -0.25) is 9.59 Å². The quantitative estimate of drug-likeness (QED) is 0.772. The number of rotatable bonds is 3. The van der Waals surface area contributed by atoms with Crippen molar-refractivity contribution in [2.45, 2.75) is 18.9 Å². The first kappa shape index (κ1) is 12.3. The smallest absolute Gasteiger partial charge is 0.247 e. The van der Waals surface area contributed by atoms with Crippen LogP contribution in [0.4, 0.5) is 11.6 Å². The Morgan fingerprint density at radius 3 is 2.61 bits per heavy atom. The van der Waals surface area contributed by atoms with Crippen LogP contribution in [0.15, 0.2) is 12.4 Å². The maximum Gasteiger partial charge on any atom is 0.247 e. The Morgan fingerprint density at radius 2 is 2.11 bits per heavy atom. The zero-order valence-electron chi connectivity index (χ0n) is 10.3. The lowest BCUT2D eigenvalue weighted by molar-refractivity contribution is -0.122. The van der Waals surface area contributed by atoms with Gasteiger partial charge in [0.25, 0.3) is 0 Å². The Morgan fingerprint density at radius 1 is 1.44 bits per heavy atom. The Bertz CT molecular complexity index is 457. The molecule has 1 aliphatic rings. The lowest BCUT2D eigenvalue weighted by atomic mass is 10.2. The molecule has 18 heavy (non-hydrogen) atoms. The van der Waals surface area contributed by atoms with E-state index in [9.17, 15) is 9.59 Å². The number of nitrogens with zero attached hydrogens (tertiary/aromatic N) is 3. The monoisotopic (exact) mass is 249 g/mol. The Balaban J connectivity index is 1.97. The van der Waals surface area contributed by atoms with Crippen LogP contribution in [0, 0.1) is 0 Å². The minimum atomic E-state index is -0.453. The van der Waals surface area contributed by atoms with Crippen molar-refractivity contribution in [3.05, 3.63) is 12.4 Å². The molecule has 7 nitrogen and oxygen atoms in total. The molecule has 96 valence electrons. The highest BCUT2D eigenvalue weighted by Crippen LogP contribution is 2.11. The summed E-state index contributed by atoms with van der Waals surface area (Å²) in [4.78, 5) is 32.7. The van der Waals surface area contributed by atoms with Crippen molar-refractivity contribution in [1.29, 1.82) is 0 Å². The largest absolute Gasteiger partial charge is 0.347 e. The average Bonchev–Trinajstić information content (AvgIpc) is 2.76. The first-order valence-corrected chi connectivity index (χ1v) is 5.66. The molecule has 1 fully saturated rings. The van der Waals surface area contributed by atoms with Gasteiger partial charge in [0.1, 0.15) is 6.04 Å². The fourth-order valence-electron chi connectivity index (χ4n) is 1.66. The topological polar surface area (TPSA) is 87.2 Å². The first-order chi connectivity index (χ1) is 8.56. The summed E-state index contributed by atoms with van der Waals surface area (Å²) in [5, 5.41) is 5.28. The van der Waals surface area contributed by atoms with Gasteiger partial charge >= 0.3 is 0 Å². The number of nitrogens with one attached hydrogen (secondary N) is 2. The van der Waals surface area contributed by atoms with E-state index in [2.05, 4.69) is 20.6 Å². The van der Waals surface area contributed by atoms with Gasteiger partial charge in [0.2, 0.25) is 17.8 Å². The molecule has 0 spiro atoms. The van der Waals surface area contributed by atoms with Crippen molar-refractivity contribution in [2.75, 3.05) is 24.3 Å². The molecule has 0 bridgehead atoms. The predicted octanol–water partition coefficient (Wildman–Crippen LogP) is -0.240. The Labute approximate surface area is 105 Å². The van der Waals surface area contributed by atoms with Crippen molar-refractivity contribution in [3.63, 3.8) is 0 Å². The maximum absolute atomic E-state index is 11.8. The van der Waals surface area contributed by atoms with E-state index in [0.29, 0.717) is 24.5 Å². The van der Waals surface area contributed by atoms with Gasteiger partial charge in [0.05, 0.1) is 18.1 Å². The van der Waals surface area contributed by atoms with Gasteiger partial charge in [-0.25, -0.2) is 9.97 Å². The molecule has 0 aromatic carbocycles. The average molecular weight is 249 g/mol. The molecule has 2 rings (SSSR count). The number of hydrogen-bond donors (Lipinski definition) is 2. The second-order valence-electron chi connectivity index (χ2n) is 4.31. The molecule has 1 saturated heterocycles. The normalized spacial score (nSPS) is 18.3. The van der Waals surface area contributed by atoms with E-state index >= 15 is 0 Å². The molecule has 2 heterocycles. The van der Waals surface area contributed by atoms with E-state index in [1.807, 2.05) is 14.1 Å². The minimum absolute atomic E-state index is 0.0886. The number of hydrogen-bond acceptors (Lipinski definition) is 5. The number of carbonyl (C=O) groups excluding carboxylic acids is 2. The highest BCUT2D eigenvalue weighted by atomic mass is 16.2. The Kier molecular flexibility index (Phi) is 3.40. The van der Waals surface area contributed by atoms with Crippen LogP contribution < -0.4 is 15.5 Å². The predicted molar refractivity (Wildman–Crippen MR) is 66.2 cm³/mol. The third-order valence-electron chi connectivity index (χ3n) is 2.62. The van der Waals surface area contributed by atoms with E-state index in [1.165, 1.54) is 12.4 Å². The molecule has 0 saturated carbocycles. The van der Waals surface area contributed by atoms with E-state index in [-0.39, 0.29) is 11.8 Å². The fraction of sp³-hybridized carbons (Fsp3) is 0.455. The summed E-state index contributed by atoms with van der Waals surface area (Å²) in [6, 6.07) is -0.453. The van der Waals surface area contributed by atoms with Gasteiger partial charge in [-0.2, -0.15) is 0 Å². The van der Waals surface area contributed by atoms with Gasteiger partial charge in [0, 0.05) is 20.5 Å². The third kappa shape index (κ3) is 2.73. The number of aromatic nitrogens is 2. The van der Waals surface area contributed by atoms with E-state index < -0.39 is 6.04 Å². The summed E-state index contributed by atoms with van der Waals surface area (Å²) >= 11 is 0. The lowest BCUT2D eigenvalue weighted by Crippen LogP contribution is -2.37. The zero-order chi connectivity index (χ0) is 13.1. The van der Waals surface area contributed by atoms with Gasteiger partial charge < -0.3 is 15.5 Å². The third-order valence-corrected chi connectivity index (χ3v) is 2.62. The van der Waals surface area contributed by atoms with Crippen LogP contribution >= 0.6 is 0 Å². The minimum Gasteiger partial charge on any atom is -0.347 e. The molecule has 0 unspecified atom stereocenters. The van der Waals surface area contributed by atoms with Crippen molar-refractivity contribution < 1.29 is 9.59 Å². The molecule has 1 aromatic rings. The molecule has 0 aliphatic carbocycles. The summed E-state index contributed by atoms with van der Waals surface area (Å²) in [6.45, 7) is 0. The van der Waals surface area contributed by atoms with E-state index in [4.69, 9.17) is 0 Å². The highest BCUT2D eigenvalue weighted by molar-refractivity contribution is 5.98. The summed E-state index contributed by atoms with van der Waals surface area (Å²) < 4.78 is 0. The van der Waals surface area contributed by atoms with Gasteiger partial charge in [-0.05, 0) is 6.42 Å². The SMILES string of the molecule is CN(C)c1ncc(NC(=O)[C@H]2CCC(=O)N2)cn1. The summed E-state index contributed by atoms with van der Waals surface area (Å²) in [5.74, 6) is 0.249. The standard InChI is InChI=1S/C11H15N5O2/c1-16(2)11-12-5-7(6-13-11)14-10(18)8-3-4-9(17)15-8/h5-6,8H,3-4H2,1-2H3,(H,14,18)(H,15,17)/t8-/m1/s1. The highest BCUT2D eigenvalue weighted by Gasteiger charge is 2.27. The summed E-state index contributed by atoms with van der Waals surface area (Å²) in [7, 11) is 3.67. The second kappa shape index (κ2) is 4.99. The molecule has 1 atom stereocenters. The first-order valence-electron chi connectivity index (χ1n) is 5.66. The van der Waals surface area contributed by atoms with Crippen LogP contribution in [-0.2, 0) is 9.59 Å². The van der Waals surface area contributed by atoms with Crippen LogP contribution in [-0.4, -0.2) is 41.9 Å². The van der Waals surface area contributed by atoms with Gasteiger partial charge in [-0.15, -0.1) is 0 Å². The van der Waals surface area contributed by atoms with Crippen LogP contribution in [0.3, 0.4) is 0 Å². The molecule has 7 heteroatoms. The number of anilines is 2. The molecule has 2 amide bonds. The summed E-state index contributed by atoms with van der Waals surface area (Å²) in [5.41, 5.74) is 0.520. The van der Waals surface area contributed by atoms with Gasteiger partial charge in [-0.1, -0.05) is 0 Å². The fourth-order valence-corrected chi connectivity index (χ4v) is 1.66. The van der Waals surface area contributed by atoms with Crippen molar-refractivity contribution >= 4 is 23.5 Å². The zero-order valence-corrected chi connectivity index (χ0v) is 10.3. The molecule has 0 radical (unpaired) electrons. The van der Waals surface area contributed by atoms with Crippen molar-refractivity contribution in [1.82, 2.24) is 15.3 Å². The van der Waals surface area contributed by atoms with Crippen LogP contribution in [0.1, 0.15) is 12.8 Å². The molecular weight excluding hydrogens is 234 g/mol. The van der Waals surface area contributed by atoms with Crippen molar-refractivity contribution in [3.8, 4) is 0 Å². The van der Waals surface area contributed by atoms with Crippen LogP contribution in [0.5, 0.6) is 0 Å². The maximum atomic E-state index is 11.8. The van der Waals surface area contributed by atoms with Crippen LogP contribution in [0.2, 0.25) is 0 Å². The summed E-state index contributed by atoms with van der Waals surface area (Å²) in [6.07, 6.45) is 4.00.